The Morgan fingerprint density at radius 3 is 2.33 bits per heavy atom. The highest BCUT2D eigenvalue weighted by Gasteiger charge is 2.37. The summed E-state index contributed by atoms with van der Waals surface area (Å²) in [7, 11) is 0. The SMILES string of the molecule is CC[C@](C)(N[C@@H](CCCCNC(=S)Nc1ccc(-c2c3ccc(=O)cc-3oc3cc(O)ccc23)c(C(=O)O)c1)C(=O)OC(C)(C)C)C(=O)O. The van der Waals surface area contributed by atoms with Crippen molar-refractivity contribution in [1.82, 2.24) is 10.6 Å². The van der Waals surface area contributed by atoms with Crippen LogP contribution in [0.25, 0.3) is 33.4 Å². The van der Waals surface area contributed by atoms with E-state index in [9.17, 15) is 34.5 Å². The number of aromatic carboxylic acids is 1. The number of hydrogen-bond acceptors (Lipinski definition) is 9. The highest BCUT2D eigenvalue weighted by atomic mass is 32.1. The number of carboxylic acid groups (broad SMARTS) is 2. The third-order valence-electron chi connectivity index (χ3n) is 8.02. The average Bonchev–Trinajstić information content (AvgIpc) is 3.01. The summed E-state index contributed by atoms with van der Waals surface area (Å²) in [6, 6.07) is 12.8. The largest absolute Gasteiger partial charge is 0.508 e. The van der Waals surface area contributed by atoms with Crippen LogP contribution in [0.2, 0.25) is 0 Å². The third-order valence-corrected chi connectivity index (χ3v) is 8.27. The van der Waals surface area contributed by atoms with Gasteiger partial charge in [0, 0.05) is 40.9 Å². The quantitative estimate of drug-likeness (QED) is 0.0416. The lowest BCUT2D eigenvalue weighted by Gasteiger charge is -2.31. The lowest BCUT2D eigenvalue weighted by molar-refractivity contribution is -0.159. The van der Waals surface area contributed by atoms with Crippen LogP contribution in [0.1, 0.15) is 70.7 Å². The number of esters is 1. The van der Waals surface area contributed by atoms with Crippen LogP contribution in [0.4, 0.5) is 5.69 Å². The molecule has 0 spiro atoms. The van der Waals surface area contributed by atoms with E-state index in [1.165, 1.54) is 37.3 Å². The predicted molar refractivity (Wildman–Crippen MR) is 190 cm³/mol. The smallest absolute Gasteiger partial charge is 0.336 e. The standard InChI is InChI=1S/C36H41N3O9S/c1-6-36(5,33(45)46)39-27(32(44)48-35(2,3)4)9-7-8-16-37-34(49)38-20-10-13-23(26(17-20)31(42)43)30-24-14-11-21(40)18-28(24)47-29-19-22(41)12-15-25(29)30/h10-15,17-19,27,39-40H,6-9,16H2,1-5H3,(H,42,43)(H,45,46)(H2,37,38,49)/t27-,36-/m0/s1. The van der Waals surface area contributed by atoms with Crippen LogP contribution in [0, 0.1) is 0 Å². The van der Waals surface area contributed by atoms with Crippen molar-refractivity contribution >= 4 is 51.9 Å². The molecule has 0 aromatic heterocycles. The Kier molecular flexibility index (Phi) is 11.3. The summed E-state index contributed by atoms with van der Waals surface area (Å²) in [4.78, 5) is 49.4. The fraction of sp³-hybridized carbons (Fsp3) is 0.361. The molecule has 12 nitrogen and oxygen atoms in total. The van der Waals surface area contributed by atoms with Gasteiger partial charge >= 0.3 is 17.9 Å². The molecule has 0 radical (unpaired) electrons. The van der Waals surface area contributed by atoms with E-state index in [-0.39, 0.29) is 39.6 Å². The molecule has 13 heteroatoms. The van der Waals surface area contributed by atoms with Gasteiger partial charge in [-0.1, -0.05) is 13.0 Å². The number of aromatic hydroxyl groups is 1. The molecular weight excluding hydrogens is 650 g/mol. The fourth-order valence-electron chi connectivity index (χ4n) is 5.34. The number of phenolic OH excluding ortho intramolecular Hbond substituents is 1. The molecule has 49 heavy (non-hydrogen) atoms. The maximum atomic E-state index is 12.9. The summed E-state index contributed by atoms with van der Waals surface area (Å²) in [5.74, 6) is -2.56. The number of carbonyl (C=O) groups is 3. The Balaban J connectivity index is 1.46. The van der Waals surface area contributed by atoms with Crippen molar-refractivity contribution in [2.75, 3.05) is 11.9 Å². The number of anilines is 1. The molecule has 260 valence electrons. The number of benzene rings is 3. The van der Waals surface area contributed by atoms with Crippen LogP contribution >= 0.6 is 12.2 Å². The number of carboxylic acids is 2. The molecule has 2 aromatic rings. The van der Waals surface area contributed by atoms with E-state index < -0.39 is 35.1 Å². The maximum Gasteiger partial charge on any atom is 0.336 e. The molecule has 2 aliphatic rings. The zero-order valence-electron chi connectivity index (χ0n) is 28.0. The lowest BCUT2D eigenvalue weighted by atomic mass is 9.90. The Bertz CT molecular complexity index is 1920. The van der Waals surface area contributed by atoms with E-state index in [0.717, 1.165) is 0 Å². The minimum atomic E-state index is -1.30. The summed E-state index contributed by atoms with van der Waals surface area (Å²) in [5, 5.41) is 39.8. The Labute approximate surface area is 288 Å². The van der Waals surface area contributed by atoms with E-state index in [2.05, 4.69) is 16.0 Å². The molecule has 0 saturated carbocycles. The van der Waals surface area contributed by atoms with Crippen molar-refractivity contribution in [2.45, 2.75) is 77.5 Å². The van der Waals surface area contributed by atoms with Crippen LogP contribution in [0.15, 0.2) is 63.8 Å². The number of aliphatic carboxylic acids is 1. The van der Waals surface area contributed by atoms with Gasteiger partial charge in [-0.15, -0.1) is 0 Å². The fourth-order valence-corrected chi connectivity index (χ4v) is 5.56. The summed E-state index contributed by atoms with van der Waals surface area (Å²) in [6.45, 7) is 8.96. The van der Waals surface area contributed by atoms with Crippen LogP contribution in [-0.4, -0.2) is 62.1 Å². The van der Waals surface area contributed by atoms with Gasteiger partial charge in [-0.05, 0) is 108 Å². The summed E-state index contributed by atoms with van der Waals surface area (Å²) < 4.78 is 11.4. The van der Waals surface area contributed by atoms with Gasteiger partial charge in [0.1, 0.15) is 34.3 Å². The molecule has 0 saturated heterocycles. The van der Waals surface area contributed by atoms with Crippen molar-refractivity contribution in [1.29, 1.82) is 0 Å². The Morgan fingerprint density at radius 2 is 1.67 bits per heavy atom. The van der Waals surface area contributed by atoms with E-state index >= 15 is 0 Å². The van der Waals surface area contributed by atoms with Crippen LogP contribution in [0.3, 0.4) is 0 Å². The van der Waals surface area contributed by atoms with E-state index in [0.29, 0.717) is 53.6 Å². The highest BCUT2D eigenvalue weighted by molar-refractivity contribution is 7.80. The van der Waals surface area contributed by atoms with Crippen molar-refractivity contribution in [3.05, 3.63) is 70.4 Å². The molecule has 1 heterocycles. The third kappa shape index (κ3) is 9.12. The van der Waals surface area contributed by atoms with Crippen molar-refractivity contribution < 1.29 is 38.9 Å². The minimum Gasteiger partial charge on any atom is -0.508 e. The number of carbonyl (C=O) groups excluding carboxylic acids is 1. The molecule has 2 atom stereocenters. The summed E-state index contributed by atoms with van der Waals surface area (Å²) >= 11 is 5.45. The van der Waals surface area contributed by atoms with E-state index in [4.69, 9.17) is 21.4 Å². The topological polar surface area (TPSA) is 187 Å². The lowest BCUT2D eigenvalue weighted by Crippen LogP contribution is -2.56. The molecule has 6 N–H and O–H groups in total. The van der Waals surface area contributed by atoms with Gasteiger partial charge in [0.05, 0.1) is 5.56 Å². The van der Waals surface area contributed by atoms with Crippen LogP contribution in [0.5, 0.6) is 5.75 Å². The number of fused-ring (bicyclic) bond motifs is 2. The van der Waals surface area contributed by atoms with Crippen LogP contribution < -0.4 is 21.4 Å². The van der Waals surface area contributed by atoms with Gasteiger partial charge in [0.25, 0.3) is 0 Å². The number of unbranched alkanes of at least 4 members (excludes halogenated alkanes) is 1. The molecule has 0 bridgehead atoms. The second-order valence-electron chi connectivity index (χ2n) is 13.0. The number of thiocarbonyl (C=S) groups is 1. The zero-order chi connectivity index (χ0) is 36.1. The van der Waals surface area contributed by atoms with Gasteiger partial charge in [-0.25, -0.2) is 4.79 Å². The number of phenols is 1. The average molecular weight is 692 g/mol. The number of hydrogen-bond donors (Lipinski definition) is 6. The first-order chi connectivity index (χ1) is 23.0. The van der Waals surface area contributed by atoms with Gasteiger partial charge in [-0.2, -0.15) is 0 Å². The molecule has 0 unspecified atom stereocenters. The Morgan fingerprint density at radius 1 is 0.959 bits per heavy atom. The maximum absolute atomic E-state index is 12.9. The monoisotopic (exact) mass is 691 g/mol. The van der Waals surface area contributed by atoms with Gasteiger partial charge in [-0.3, -0.25) is 19.7 Å². The predicted octanol–water partition coefficient (Wildman–Crippen LogP) is 5.98. The van der Waals surface area contributed by atoms with E-state index in [1.54, 1.807) is 52.0 Å². The normalized spacial score (nSPS) is 13.4. The molecular formula is C36H41N3O9S. The molecule has 4 rings (SSSR count). The molecule has 0 fully saturated rings. The van der Waals surface area contributed by atoms with E-state index in [1.807, 2.05) is 0 Å². The van der Waals surface area contributed by atoms with Gasteiger partial charge in [0.15, 0.2) is 10.5 Å². The second kappa shape index (κ2) is 15.0. The first kappa shape index (κ1) is 36.8. The van der Waals surface area contributed by atoms with Crippen LogP contribution in [-0.2, 0) is 14.3 Å². The first-order valence-electron chi connectivity index (χ1n) is 15.9. The number of rotatable bonds is 13. The van der Waals surface area contributed by atoms with Gasteiger partial charge < -0.3 is 35.1 Å². The highest BCUT2D eigenvalue weighted by Crippen LogP contribution is 2.42. The molecule has 0 amide bonds. The van der Waals surface area contributed by atoms with Crippen molar-refractivity contribution in [2.24, 2.45) is 0 Å². The number of ether oxygens (including phenoxy) is 1. The molecule has 1 aliphatic heterocycles. The minimum absolute atomic E-state index is 0.0259. The first-order valence-corrected chi connectivity index (χ1v) is 16.3. The number of nitrogens with one attached hydrogen (secondary N) is 3. The Hall–Kier alpha value is -5.01. The second-order valence-corrected chi connectivity index (χ2v) is 13.4. The molecule has 1 aliphatic carbocycles. The summed E-state index contributed by atoms with van der Waals surface area (Å²) in [6.07, 6.45) is 1.77. The van der Waals surface area contributed by atoms with Crippen molar-refractivity contribution in [3.8, 4) is 28.2 Å². The molecule has 2 aromatic carbocycles. The zero-order valence-corrected chi connectivity index (χ0v) is 28.8. The summed E-state index contributed by atoms with van der Waals surface area (Å²) in [5.41, 5.74) is -0.185. The van der Waals surface area contributed by atoms with Gasteiger partial charge in [0.2, 0.25) is 0 Å². The van der Waals surface area contributed by atoms with Crippen molar-refractivity contribution in [3.63, 3.8) is 0 Å².